The van der Waals surface area contributed by atoms with Crippen LogP contribution in [-0.2, 0) is 29.5 Å². The van der Waals surface area contributed by atoms with Gasteiger partial charge in [-0.05, 0) is 42.8 Å². The smallest absolute Gasteiger partial charge is 0.744 e. The number of sulfone groups is 1. The van der Waals surface area contributed by atoms with Gasteiger partial charge in [-0.25, -0.2) is 16.8 Å². The average molecular weight is 578 g/mol. The molecule has 0 saturated heterocycles. The number of benzene rings is 2. The third kappa shape index (κ3) is 6.87. The molecule has 0 aromatic heterocycles. The fourth-order valence-electron chi connectivity index (χ4n) is 3.25. The molecule has 1 aliphatic rings. The van der Waals surface area contributed by atoms with E-state index in [0.29, 0.717) is 0 Å². The minimum atomic E-state index is -4.72. The second-order valence-electron chi connectivity index (χ2n) is 7.40. The first-order valence-corrected chi connectivity index (χ1v) is 13.1. The molecule has 17 heteroatoms. The van der Waals surface area contributed by atoms with Crippen molar-refractivity contribution in [3.63, 3.8) is 0 Å². The van der Waals surface area contributed by atoms with Gasteiger partial charge < -0.3 is 20.1 Å². The van der Waals surface area contributed by atoms with Crippen molar-refractivity contribution in [3.05, 3.63) is 42.0 Å². The number of nitrogens with zero attached hydrogens (tertiary/aromatic N) is 4. The maximum atomic E-state index is 12.9. The number of aliphatic hydroxyl groups excluding tert-OH is 1. The number of hydrazone groups is 1. The van der Waals surface area contributed by atoms with Crippen molar-refractivity contribution in [2.75, 3.05) is 24.5 Å². The van der Waals surface area contributed by atoms with E-state index in [9.17, 15) is 31.0 Å². The predicted octanol–water partition coefficient (Wildman–Crippen LogP) is -2.98. The number of aliphatic hydroxyl groups is 1. The number of hydrogen-bond donors (Lipinski definition) is 2. The van der Waals surface area contributed by atoms with Crippen LogP contribution in [0.25, 0.3) is 0 Å². The zero-order valence-corrected chi connectivity index (χ0v) is 24.6. The first-order chi connectivity index (χ1) is 16.8. The van der Waals surface area contributed by atoms with Crippen molar-refractivity contribution in [2.24, 2.45) is 21.1 Å². The van der Waals surface area contributed by atoms with Crippen LogP contribution in [0.5, 0.6) is 5.75 Å². The zero-order chi connectivity index (χ0) is 26.8. The van der Waals surface area contributed by atoms with E-state index >= 15 is 0 Å². The van der Waals surface area contributed by atoms with Gasteiger partial charge in [0, 0.05) is 6.07 Å². The molecule has 1 heterocycles. The maximum Gasteiger partial charge on any atom is 1.00 e. The molecule has 192 valence electrons. The minimum absolute atomic E-state index is 0. The van der Waals surface area contributed by atoms with Gasteiger partial charge in [-0.1, -0.05) is 0 Å². The standard InChI is InChI=1S/C20H21N5O9S2.K/c1-11-9-14(15(34-2)10-16(11)35(29,30)8-7-26)22-23-18-17(19(21)27)24-25(20(18)28)12-3-5-13(6-4-12)36(31,32)33;/h3-6,9-10,18,26H,7-8H2,1-2H3,(H2,21,27)(H,31,32,33);/q;+1/p-1. The zero-order valence-electron chi connectivity index (χ0n) is 19.9. The number of nitrogens with two attached hydrogens (primary N) is 1. The van der Waals surface area contributed by atoms with Gasteiger partial charge in [0.2, 0.25) is 6.04 Å². The van der Waals surface area contributed by atoms with Gasteiger partial charge in [-0.2, -0.15) is 20.3 Å². The van der Waals surface area contributed by atoms with E-state index in [1.165, 1.54) is 26.2 Å². The molecule has 0 saturated carbocycles. The molecular formula is C20H20KN5O9S2. The number of rotatable bonds is 9. The summed E-state index contributed by atoms with van der Waals surface area (Å²) in [5, 5.41) is 21.5. The Bertz CT molecular complexity index is 1490. The molecule has 3 rings (SSSR count). The van der Waals surface area contributed by atoms with Crippen LogP contribution in [0.15, 0.2) is 61.5 Å². The topological polar surface area (TPSA) is 221 Å². The molecular weight excluding hydrogens is 557 g/mol. The van der Waals surface area contributed by atoms with Gasteiger partial charge >= 0.3 is 51.4 Å². The molecule has 0 radical (unpaired) electrons. The van der Waals surface area contributed by atoms with E-state index in [2.05, 4.69) is 15.3 Å². The SMILES string of the molecule is COc1cc(S(=O)(=O)CCO)c(C)cc1N=NC1C(=O)N(c2ccc(S(=O)(=O)[O-])cc2)N=C1C(N)=O.[K+]. The number of carbonyl (C=O) groups is 2. The summed E-state index contributed by atoms with van der Waals surface area (Å²) in [4.78, 5) is 24.2. The largest absolute Gasteiger partial charge is 1.00 e. The van der Waals surface area contributed by atoms with Crippen molar-refractivity contribution in [2.45, 2.75) is 22.8 Å². The number of aryl methyl sites for hydroxylation is 1. The fourth-order valence-corrected chi connectivity index (χ4v) is 5.02. The van der Waals surface area contributed by atoms with Gasteiger partial charge in [0.15, 0.2) is 15.5 Å². The summed E-state index contributed by atoms with van der Waals surface area (Å²) < 4.78 is 63.3. The summed E-state index contributed by atoms with van der Waals surface area (Å²) in [7, 11) is -7.26. The minimum Gasteiger partial charge on any atom is -0.744 e. The summed E-state index contributed by atoms with van der Waals surface area (Å²) >= 11 is 0. The molecule has 1 atom stereocenters. The molecule has 0 aliphatic carbocycles. The predicted molar refractivity (Wildman–Crippen MR) is 124 cm³/mol. The number of methoxy groups -OCH3 is 1. The summed E-state index contributed by atoms with van der Waals surface area (Å²) in [6.45, 7) is 0.920. The number of primary amides is 1. The summed E-state index contributed by atoms with van der Waals surface area (Å²) in [6, 6.07) is 5.20. The number of amides is 2. The van der Waals surface area contributed by atoms with Gasteiger partial charge in [-0.3, -0.25) is 9.59 Å². The molecule has 2 aromatic rings. The third-order valence-corrected chi connectivity index (χ3v) is 7.66. The first kappa shape index (κ1) is 31.1. The number of carbonyl (C=O) groups excluding carboxylic acids is 2. The molecule has 1 unspecified atom stereocenters. The monoisotopic (exact) mass is 577 g/mol. The summed E-state index contributed by atoms with van der Waals surface area (Å²) in [5.41, 5.74) is 5.23. The van der Waals surface area contributed by atoms with Crippen molar-refractivity contribution in [3.8, 4) is 5.75 Å². The average Bonchev–Trinajstić information content (AvgIpc) is 3.13. The molecule has 2 amide bonds. The number of anilines is 1. The van der Waals surface area contributed by atoms with Gasteiger partial charge in [-0.15, -0.1) is 0 Å². The van der Waals surface area contributed by atoms with Crippen LogP contribution < -0.4 is 66.9 Å². The molecule has 14 nitrogen and oxygen atoms in total. The summed E-state index contributed by atoms with van der Waals surface area (Å²) in [6.07, 6.45) is 0. The van der Waals surface area contributed by atoms with Gasteiger partial charge in [0.05, 0.1) is 34.9 Å². The Labute approximate surface area is 254 Å². The van der Waals surface area contributed by atoms with Crippen LogP contribution in [0, 0.1) is 6.92 Å². The Hall–Kier alpha value is -2.09. The Morgan fingerprint density at radius 2 is 1.84 bits per heavy atom. The van der Waals surface area contributed by atoms with E-state index in [-0.39, 0.29) is 79.0 Å². The van der Waals surface area contributed by atoms with Crippen molar-refractivity contribution >= 4 is 48.9 Å². The van der Waals surface area contributed by atoms with Crippen LogP contribution >= 0.6 is 0 Å². The second kappa shape index (κ2) is 12.2. The van der Waals surface area contributed by atoms with E-state index in [0.717, 1.165) is 29.3 Å². The quantitative estimate of drug-likeness (QED) is 0.176. The van der Waals surface area contributed by atoms with Crippen molar-refractivity contribution < 1.29 is 92.2 Å². The van der Waals surface area contributed by atoms with Gasteiger partial charge in [0.1, 0.15) is 21.6 Å². The normalized spacial score (nSPS) is 16.0. The Balaban J connectivity index is 0.00000481. The molecule has 0 fully saturated rings. The third-order valence-electron chi connectivity index (χ3n) is 4.98. The summed E-state index contributed by atoms with van der Waals surface area (Å²) in [5.74, 6) is -2.41. The molecule has 1 aliphatic heterocycles. The number of hydrogen-bond acceptors (Lipinski definition) is 12. The van der Waals surface area contributed by atoms with E-state index < -0.39 is 60.8 Å². The number of ether oxygens (including phenoxy) is 1. The molecule has 2 aromatic carbocycles. The van der Waals surface area contributed by atoms with Crippen LogP contribution in [0.4, 0.5) is 11.4 Å². The number of azo groups is 1. The molecule has 37 heavy (non-hydrogen) atoms. The fraction of sp³-hybridized carbons (Fsp3) is 0.250. The van der Waals surface area contributed by atoms with Crippen LogP contribution in [0.2, 0.25) is 0 Å². The Morgan fingerprint density at radius 3 is 2.35 bits per heavy atom. The first-order valence-electron chi connectivity index (χ1n) is 10.0. The second-order valence-corrected chi connectivity index (χ2v) is 10.9. The van der Waals surface area contributed by atoms with E-state index in [4.69, 9.17) is 15.6 Å². The molecule has 0 bridgehead atoms. The van der Waals surface area contributed by atoms with E-state index in [1.807, 2.05) is 0 Å². The molecule has 0 spiro atoms. The maximum absolute atomic E-state index is 12.9. The Kier molecular flexibility index (Phi) is 10.2. The van der Waals surface area contributed by atoms with Crippen LogP contribution in [0.1, 0.15) is 5.56 Å². The van der Waals surface area contributed by atoms with E-state index in [1.54, 1.807) is 0 Å². The molecule has 3 N–H and O–H groups in total. The Morgan fingerprint density at radius 1 is 1.22 bits per heavy atom. The van der Waals surface area contributed by atoms with Gasteiger partial charge in [0.25, 0.3) is 11.8 Å². The van der Waals surface area contributed by atoms with Crippen molar-refractivity contribution in [1.82, 2.24) is 0 Å². The van der Waals surface area contributed by atoms with Crippen molar-refractivity contribution in [1.29, 1.82) is 0 Å². The van der Waals surface area contributed by atoms with Crippen LogP contribution in [0.3, 0.4) is 0 Å². The van der Waals surface area contributed by atoms with Crippen LogP contribution in [-0.4, -0.2) is 69.5 Å².